The first-order valence-corrected chi connectivity index (χ1v) is 10.9. The molecular formula is C24H28FN5O2. The fourth-order valence-electron chi connectivity index (χ4n) is 3.95. The van der Waals surface area contributed by atoms with Crippen molar-refractivity contribution in [1.82, 2.24) is 20.7 Å². The summed E-state index contributed by atoms with van der Waals surface area (Å²) in [5, 5.41) is 4.26. The molecule has 2 aromatic rings. The first-order chi connectivity index (χ1) is 15.6. The number of para-hydroxylation sites is 1. The smallest absolute Gasteiger partial charge is 0.245 e. The van der Waals surface area contributed by atoms with E-state index in [2.05, 4.69) is 20.5 Å². The van der Waals surface area contributed by atoms with Crippen LogP contribution in [0, 0.1) is 5.82 Å². The van der Waals surface area contributed by atoms with Crippen LogP contribution < -0.4 is 15.6 Å². The molecule has 0 radical (unpaired) electrons. The van der Waals surface area contributed by atoms with Crippen LogP contribution in [0.2, 0.25) is 0 Å². The predicted molar refractivity (Wildman–Crippen MR) is 122 cm³/mol. The second-order valence-electron chi connectivity index (χ2n) is 7.91. The average molecular weight is 438 g/mol. The van der Waals surface area contributed by atoms with E-state index in [-0.39, 0.29) is 30.6 Å². The first-order valence-electron chi connectivity index (χ1n) is 10.9. The fourth-order valence-corrected chi connectivity index (χ4v) is 3.95. The zero-order valence-electron chi connectivity index (χ0n) is 18.0. The van der Waals surface area contributed by atoms with E-state index >= 15 is 0 Å². The Balaban J connectivity index is 1.18. The number of halogens is 1. The molecular weight excluding hydrogens is 409 g/mol. The highest BCUT2D eigenvalue weighted by atomic mass is 19.1. The summed E-state index contributed by atoms with van der Waals surface area (Å²) in [6.07, 6.45) is 2.10. The maximum atomic E-state index is 14.0. The largest absolute Gasteiger partial charge is 0.367 e. The minimum Gasteiger partial charge on any atom is -0.367 e. The van der Waals surface area contributed by atoms with Crippen LogP contribution in [-0.4, -0.2) is 67.5 Å². The number of hydrazine groups is 1. The lowest BCUT2D eigenvalue weighted by Crippen LogP contribution is -2.51. The van der Waals surface area contributed by atoms with Crippen molar-refractivity contribution in [2.24, 2.45) is 0 Å². The van der Waals surface area contributed by atoms with E-state index in [0.29, 0.717) is 18.8 Å². The maximum Gasteiger partial charge on any atom is 0.245 e. The Kier molecular flexibility index (Phi) is 7.01. The van der Waals surface area contributed by atoms with Crippen molar-refractivity contribution < 1.29 is 14.0 Å². The topological polar surface area (TPSA) is 67.9 Å². The number of piperazine rings is 1. The molecule has 7 nitrogen and oxygen atoms in total. The van der Waals surface area contributed by atoms with E-state index in [1.807, 2.05) is 42.5 Å². The second-order valence-corrected chi connectivity index (χ2v) is 7.91. The van der Waals surface area contributed by atoms with Gasteiger partial charge in [0.05, 0.1) is 11.4 Å². The van der Waals surface area contributed by atoms with E-state index in [0.717, 1.165) is 37.4 Å². The average Bonchev–Trinajstić information content (AvgIpc) is 2.82. The van der Waals surface area contributed by atoms with Gasteiger partial charge in [-0.3, -0.25) is 19.9 Å². The summed E-state index contributed by atoms with van der Waals surface area (Å²) in [7, 11) is 0. The quantitative estimate of drug-likeness (QED) is 0.692. The van der Waals surface area contributed by atoms with Gasteiger partial charge in [0.1, 0.15) is 12.4 Å². The van der Waals surface area contributed by atoms with Gasteiger partial charge in [-0.25, -0.2) is 9.40 Å². The summed E-state index contributed by atoms with van der Waals surface area (Å²) in [6.45, 7) is 4.29. The van der Waals surface area contributed by atoms with Crippen LogP contribution in [0.3, 0.4) is 0 Å². The van der Waals surface area contributed by atoms with Gasteiger partial charge in [-0.2, -0.15) is 0 Å². The molecule has 0 bridgehead atoms. The van der Waals surface area contributed by atoms with E-state index in [1.165, 1.54) is 11.1 Å². The number of amides is 2. The van der Waals surface area contributed by atoms with Crippen LogP contribution in [-0.2, 0) is 9.59 Å². The second kappa shape index (κ2) is 10.3. The molecule has 8 heteroatoms. The van der Waals surface area contributed by atoms with Crippen LogP contribution >= 0.6 is 0 Å². The molecule has 0 aromatic heterocycles. The molecule has 2 aliphatic rings. The minimum atomic E-state index is -0.204. The highest BCUT2D eigenvalue weighted by molar-refractivity contribution is 5.88. The van der Waals surface area contributed by atoms with Crippen LogP contribution in [0.25, 0.3) is 5.70 Å². The fraction of sp³-hybridized carbons (Fsp3) is 0.333. The van der Waals surface area contributed by atoms with Gasteiger partial charge >= 0.3 is 0 Å². The summed E-state index contributed by atoms with van der Waals surface area (Å²) >= 11 is 0. The van der Waals surface area contributed by atoms with Crippen molar-refractivity contribution in [3.63, 3.8) is 0 Å². The lowest BCUT2D eigenvalue weighted by Gasteiger charge is -2.36. The number of carbonyl (C=O) groups is 2. The Morgan fingerprint density at radius 3 is 2.47 bits per heavy atom. The third kappa shape index (κ3) is 5.45. The van der Waals surface area contributed by atoms with Gasteiger partial charge in [0.25, 0.3) is 0 Å². The van der Waals surface area contributed by atoms with Crippen molar-refractivity contribution >= 4 is 23.2 Å². The number of anilines is 1. The van der Waals surface area contributed by atoms with Gasteiger partial charge < -0.3 is 10.2 Å². The summed E-state index contributed by atoms with van der Waals surface area (Å²) in [5.74, 6) is -0.534. The van der Waals surface area contributed by atoms with Gasteiger partial charge in [0.2, 0.25) is 11.8 Å². The minimum absolute atomic E-state index is 0.0376. The van der Waals surface area contributed by atoms with Crippen LogP contribution in [0.1, 0.15) is 12.0 Å². The Morgan fingerprint density at radius 2 is 1.72 bits per heavy atom. The molecule has 0 saturated carbocycles. The molecule has 1 fully saturated rings. The van der Waals surface area contributed by atoms with Crippen LogP contribution in [0.5, 0.6) is 0 Å². The highest BCUT2D eigenvalue weighted by Gasteiger charge is 2.23. The summed E-state index contributed by atoms with van der Waals surface area (Å²) < 4.78 is 14.0. The molecule has 1 saturated heterocycles. The third-order valence-corrected chi connectivity index (χ3v) is 5.74. The van der Waals surface area contributed by atoms with Crippen LogP contribution in [0.4, 0.5) is 10.1 Å². The number of carbonyl (C=O) groups excluding carboxylic acids is 2. The van der Waals surface area contributed by atoms with Crippen molar-refractivity contribution in [2.45, 2.75) is 6.42 Å². The monoisotopic (exact) mass is 437 g/mol. The van der Waals surface area contributed by atoms with E-state index in [4.69, 9.17) is 0 Å². The molecule has 2 aliphatic heterocycles. The lowest BCUT2D eigenvalue weighted by molar-refractivity contribution is -0.137. The number of hydrogen-bond donors (Lipinski definition) is 2. The van der Waals surface area contributed by atoms with Gasteiger partial charge in [-0.1, -0.05) is 42.5 Å². The summed E-state index contributed by atoms with van der Waals surface area (Å²) in [6, 6.07) is 16.5. The normalized spacial score (nSPS) is 17.0. The third-order valence-electron chi connectivity index (χ3n) is 5.74. The van der Waals surface area contributed by atoms with Gasteiger partial charge in [0.15, 0.2) is 0 Å². The standard InChI is InChI=1S/C24H28FN5O2/c25-20-8-4-5-9-22(20)29-16-14-28(15-17-29)13-12-26-23(31)18-30-24(32)11-10-21(27-30)19-6-2-1-3-7-19/h1-10,27H,11-18H2,(H,26,31). The molecule has 2 aromatic carbocycles. The number of hydrogen-bond acceptors (Lipinski definition) is 5. The van der Waals surface area contributed by atoms with Crippen molar-refractivity contribution in [1.29, 1.82) is 0 Å². The molecule has 168 valence electrons. The van der Waals surface area contributed by atoms with Gasteiger partial charge in [-0.05, 0) is 23.8 Å². The SMILES string of the molecule is O=C(CN1NC(c2ccccc2)=CCC1=O)NCCN1CCN(c2ccccc2F)CC1. The molecule has 2 amide bonds. The Labute approximate surface area is 187 Å². The highest BCUT2D eigenvalue weighted by Crippen LogP contribution is 2.20. The van der Waals surface area contributed by atoms with Gasteiger partial charge in [-0.15, -0.1) is 0 Å². The van der Waals surface area contributed by atoms with Crippen molar-refractivity contribution in [2.75, 3.05) is 50.7 Å². The zero-order chi connectivity index (χ0) is 22.3. The molecule has 0 unspecified atom stereocenters. The molecule has 0 aliphatic carbocycles. The number of rotatable bonds is 7. The molecule has 2 heterocycles. The number of nitrogens with zero attached hydrogens (tertiary/aromatic N) is 3. The van der Waals surface area contributed by atoms with Gasteiger partial charge in [0, 0.05) is 45.7 Å². The summed E-state index contributed by atoms with van der Waals surface area (Å²) in [4.78, 5) is 28.9. The zero-order valence-corrected chi connectivity index (χ0v) is 18.0. The Hall–Kier alpha value is -3.39. The van der Waals surface area contributed by atoms with Crippen LogP contribution in [0.15, 0.2) is 60.7 Å². The Morgan fingerprint density at radius 1 is 1.00 bits per heavy atom. The van der Waals surface area contributed by atoms with Crippen molar-refractivity contribution in [3.8, 4) is 0 Å². The molecule has 0 atom stereocenters. The molecule has 2 N–H and O–H groups in total. The molecule has 32 heavy (non-hydrogen) atoms. The Bertz CT molecular complexity index is 973. The maximum absolute atomic E-state index is 14.0. The number of nitrogens with one attached hydrogen (secondary N) is 2. The summed E-state index contributed by atoms with van der Waals surface area (Å²) in [5.41, 5.74) is 5.49. The first kappa shape index (κ1) is 21.8. The van der Waals surface area contributed by atoms with E-state index in [1.54, 1.807) is 12.1 Å². The number of benzene rings is 2. The lowest BCUT2D eigenvalue weighted by atomic mass is 10.1. The van der Waals surface area contributed by atoms with E-state index in [9.17, 15) is 14.0 Å². The van der Waals surface area contributed by atoms with Crippen molar-refractivity contribution in [3.05, 3.63) is 72.1 Å². The van der Waals surface area contributed by atoms with E-state index < -0.39 is 0 Å². The molecule has 4 rings (SSSR count). The molecule has 0 spiro atoms. The predicted octanol–water partition coefficient (Wildman–Crippen LogP) is 1.84.